The van der Waals surface area contributed by atoms with Gasteiger partial charge >= 0.3 is 6.09 Å². The van der Waals surface area contributed by atoms with Crippen LogP contribution in [0, 0.1) is 17.5 Å². The molecule has 2 aromatic rings. The molecular formula is C22H25F3N2O4. The normalized spacial score (nSPS) is 12.1. The van der Waals surface area contributed by atoms with Crippen molar-refractivity contribution in [2.24, 2.45) is 0 Å². The quantitative estimate of drug-likeness (QED) is 0.734. The third-order valence-corrected chi connectivity index (χ3v) is 4.20. The number of carbonyl (C=O) groups excluding carboxylic acids is 2. The molecule has 9 heteroatoms. The Bertz CT molecular complexity index is 940. The summed E-state index contributed by atoms with van der Waals surface area (Å²) >= 11 is 0. The summed E-state index contributed by atoms with van der Waals surface area (Å²) < 4.78 is 51.3. The highest BCUT2D eigenvalue weighted by atomic mass is 19.1. The van der Waals surface area contributed by atoms with E-state index in [-0.39, 0.29) is 23.4 Å². The third kappa shape index (κ3) is 6.91. The molecule has 2 amide bonds. The Morgan fingerprint density at radius 2 is 1.68 bits per heavy atom. The lowest BCUT2D eigenvalue weighted by Gasteiger charge is -2.27. The molecule has 0 spiro atoms. The molecule has 0 radical (unpaired) electrons. The Labute approximate surface area is 178 Å². The summed E-state index contributed by atoms with van der Waals surface area (Å²) in [7, 11) is 2.70. The van der Waals surface area contributed by atoms with Crippen molar-refractivity contribution in [2.75, 3.05) is 19.1 Å². The highest BCUT2D eigenvalue weighted by molar-refractivity contribution is 5.98. The van der Waals surface area contributed by atoms with Gasteiger partial charge in [-0.15, -0.1) is 0 Å². The highest BCUT2D eigenvalue weighted by Gasteiger charge is 2.28. The van der Waals surface area contributed by atoms with Crippen LogP contribution in [-0.4, -0.2) is 37.8 Å². The van der Waals surface area contributed by atoms with Gasteiger partial charge in [0.2, 0.25) is 5.91 Å². The first kappa shape index (κ1) is 24.0. The van der Waals surface area contributed by atoms with Crippen LogP contribution < -0.4 is 15.0 Å². The zero-order chi connectivity index (χ0) is 23.3. The monoisotopic (exact) mass is 438 g/mol. The van der Waals surface area contributed by atoms with Gasteiger partial charge < -0.3 is 19.7 Å². The molecule has 1 N–H and O–H groups in total. The van der Waals surface area contributed by atoms with Gasteiger partial charge in [0.05, 0.1) is 7.11 Å². The Hall–Kier alpha value is -3.23. The molecule has 0 unspecified atom stereocenters. The number of benzene rings is 2. The minimum Gasteiger partial charge on any atom is -0.494 e. The van der Waals surface area contributed by atoms with Gasteiger partial charge in [0.1, 0.15) is 23.3 Å². The van der Waals surface area contributed by atoms with Crippen LogP contribution in [0.3, 0.4) is 0 Å². The fourth-order valence-electron chi connectivity index (χ4n) is 2.84. The first-order valence-corrected chi connectivity index (χ1v) is 9.45. The number of methoxy groups -OCH3 is 1. The lowest BCUT2D eigenvalue weighted by Crippen LogP contribution is -2.50. The average Bonchev–Trinajstić information content (AvgIpc) is 2.64. The summed E-state index contributed by atoms with van der Waals surface area (Å²) in [4.78, 5) is 26.5. The molecule has 0 saturated heterocycles. The second-order valence-electron chi connectivity index (χ2n) is 7.90. The van der Waals surface area contributed by atoms with Crippen molar-refractivity contribution in [1.82, 2.24) is 5.32 Å². The molecule has 0 heterocycles. The zero-order valence-electron chi connectivity index (χ0n) is 18.0. The summed E-state index contributed by atoms with van der Waals surface area (Å²) in [5, 5.41) is 2.43. The van der Waals surface area contributed by atoms with Gasteiger partial charge in [-0.1, -0.05) is 0 Å². The molecule has 0 aliphatic heterocycles. The summed E-state index contributed by atoms with van der Waals surface area (Å²) in [6.07, 6.45) is -1.09. The highest BCUT2D eigenvalue weighted by Crippen LogP contribution is 2.24. The number of anilines is 1. The smallest absolute Gasteiger partial charge is 0.408 e. The van der Waals surface area contributed by atoms with Crippen molar-refractivity contribution >= 4 is 17.7 Å². The Balaban J connectivity index is 2.31. The van der Waals surface area contributed by atoms with E-state index in [0.29, 0.717) is 6.07 Å². The fraction of sp³-hybridized carbons (Fsp3) is 0.364. The maximum atomic E-state index is 14.1. The van der Waals surface area contributed by atoms with E-state index in [2.05, 4.69) is 5.32 Å². The molecule has 2 rings (SSSR count). The number of nitrogens with zero attached hydrogens (tertiary/aromatic N) is 1. The van der Waals surface area contributed by atoms with Crippen LogP contribution in [-0.2, 0) is 16.0 Å². The lowest BCUT2D eigenvalue weighted by molar-refractivity contribution is -0.120. The number of rotatable bonds is 6. The second kappa shape index (κ2) is 9.72. The molecular weight excluding hydrogens is 413 g/mol. The number of alkyl carbamates (subject to hydrolysis) is 1. The van der Waals surface area contributed by atoms with Crippen LogP contribution in [0.25, 0.3) is 0 Å². The van der Waals surface area contributed by atoms with Crippen LogP contribution in [0.2, 0.25) is 0 Å². The number of nitrogens with one attached hydrogen (secondary N) is 1. The largest absolute Gasteiger partial charge is 0.494 e. The Morgan fingerprint density at radius 3 is 2.19 bits per heavy atom. The first-order chi connectivity index (χ1) is 14.4. The standard InChI is InChI=1S/C22H25F3N2O4/c1-22(2,3)31-21(29)26-18(10-13-8-14(23)11-15(24)9-13)20(28)27(4)16-6-7-19(30-5)17(25)12-16/h6-9,11-12,18H,10H2,1-5H3,(H,26,29)/t18-/m0/s1. The van der Waals surface area contributed by atoms with Gasteiger partial charge in [0.25, 0.3) is 0 Å². The average molecular weight is 438 g/mol. The van der Waals surface area contributed by atoms with E-state index in [1.54, 1.807) is 20.8 Å². The Kier molecular flexibility index (Phi) is 7.54. The summed E-state index contributed by atoms with van der Waals surface area (Å²) in [5.74, 6) is -2.94. The van der Waals surface area contributed by atoms with Crippen LogP contribution in [0.5, 0.6) is 5.75 Å². The minimum absolute atomic E-state index is 0.00302. The number of likely N-dealkylation sites (N-methyl/N-ethyl adjacent to an activating group) is 1. The van der Waals surface area contributed by atoms with Crippen molar-refractivity contribution < 1.29 is 32.2 Å². The molecule has 1 atom stereocenters. The van der Waals surface area contributed by atoms with E-state index in [0.717, 1.165) is 23.1 Å². The maximum Gasteiger partial charge on any atom is 0.408 e. The van der Waals surface area contributed by atoms with Gasteiger partial charge in [-0.05, 0) is 50.6 Å². The molecule has 0 aliphatic rings. The van der Waals surface area contributed by atoms with Crippen molar-refractivity contribution in [2.45, 2.75) is 38.8 Å². The van der Waals surface area contributed by atoms with E-state index >= 15 is 0 Å². The van der Waals surface area contributed by atoms with Gasteiger partial charge in [-0.3, -0.25) is 4.79 Å². The SMILES string of the molecule is COc1ccc(N(C)C(=O)[C@H](Cc2cc(F)cc(F)c2)NC(=O)OC(C)(C)C)cc1F. The number of amides is 2. The number of halogens is 3. The zero-order valence-corrected chi connectivity index (χ0v) is 18.0. The van der Waals surface area contributed by atoms with Crippen LogP contribution >= 0.6 is 0 Å². The van der Waals surface area contributed by atoms with Crippen LogP contribution in [0.4, 0.5) is 23.7 Å². The summed E-state index contributed by atoms with van der Waals surface area (Å²) in [6.45, 7) is 4.95. The van der Waals surface area contributed by atoms with Crippen LogP contribution in [0.15, 0.2) is 36.4 Å². The molecule has 0 aromatic heterocycles. The molecule has 6 nitrogen and oxygen atoms in total. The van der Waals surface area contributed by atoms with E-state index in [4.69, 9.17) is 9.47 Å². The van der Waals surface area contributed by atoms with Gasteiger partial charge in [0.15, 0.2) is 11.6 Å². The predicted molar refractivity (Wildman–Crippen MR) is 110 cm³/mol. The Morgan fingerprint density at radius 1 is 1.06 bits per heavy atom. The van der Waals surface area contributed by atoms with Crippen molar-refractivity contribution in [3.05, 3.63) is 59.4 Å². The van der Waals surface area contributed by atoms with Crippen LogP contribution in [0.1, 0.15) is 26.3 Å². The van der Waals surface area contributed by atoms with Crippen molar-refractivity contribution in [1.29, 1.82) is 0 Å². The summed E-state index contributed by atoms with van der Waals surface area (Å²) in [6, 6.07) is 5.52. The fourth-order valence-corrected chi connectivity index (χ4v) is 2.84. The van der Waals surface area contributed by atoms with Crippen molar-refractivity contribution in [3.63, 3.8) is 0 Å². The van der Waals surface area contributed by atoms with E-state index < -0.39 is 41.1 Å². The van der Waals surface area contributed by atoms with E-state index in [1.165, 1.54) is 26.3 Å². The van der Waals surface area contributed by atoms with Gasteiger partial charge in [-0.25, -0.2) is 18.0 Å². The molecule has 0 fully saturated rings. The molecule has 168 valence electrons. The molecule has 0 bridgehead atoms. The maximum absolute atomic E-state index is 14.1. The first-order valence-electron chi connectivity index (χ1n) is 9.45. The van der Waals surface area contributed by atoms with Gasteiger partial charge in [-0.2, -0.15) is 0 Å². The molecule has 31 heavy (non-hydrogen) atoms. The number of hydrogen-bond donors (Lipinski definition) is 1. The molecule has 0 aliphatic carbocycles. The minimum atomic E-state index is -1.23. The van der Waals surface area contributed by atoms with Crippen molar-refractivity contribution in [3.8, 4) is 5.75 Å². The predicted octanol–water partition coefficient (Wildman–Crippen LogP) is 4.21. The number of carbonyl (C=O) groups is 2. The van der Waals surface area contributed by atoms with Gasteiger partial charge in [0, 0.05) is 31.3 Å². The van der Waals surface area contributed by atoms with E-state index in [9.17, 15) is 22.8 Å². The molecule has 0 saturated carbocycles. The number of ether oxygens (including phenoxy) is 2. The second-order valence-corrected chi connectivity index (χ2v) is 7.90. The van der Waals surface area contributed by atoms with E-state index in [1.807, 2.05) is 0 Å². The summed E-state index contributed by atoms with van der Waals surface area (Å²) in [5.41, 5.74) is -0.473. The molecule has 2 aromatic carbocycles. The topological polar surface area (TPSA) is 67.9 Å². The third-order valence-electron chi connectivity index (χ3n) is 4.20. The lowest BCUT2D eigenvalue weighted by atomic mass is 10.0. The number of hydrogen-bond acceptors (Lipinski definition) is 4.